The van der Waals surface area contributed by atoms with Gasteiger partial charge in [0, 0.05) is 12.6 Å². The van der Waals surface area contributed by atoms with E-state index in [1.807, 2.05) is 56.3 Å². The summed E-state index contributed by atoms with van der Waals surface area (Å²) in [5, 5.41) is 3.18. The molecule has 0 saturated heterocycles. The van der Waals surface area contributed by atoms with Crippen LogP contribution in [0.15, 0.2) is 46.9 Å². The Morgan fingerprint density at radius 2 is 1.77 bits per heavy atom. The van der Waals surface area contributed by atoms with Crippen molar-refractivity contribution in [3.8, 4) is 5.75 Å². The number of ether oxygens (including phenoxy) is 1. The lowest BCUT2D eigenvalue weighted by molar-refractivity contribution is -0.143. The van der Waals surface area contributed by atoms with E-state index in [9.17, 15) is 9.59 Å². The summed E-state index contributed by atoms with van der Waals surface area (Å²) in [4.78, 5) is 28.4. The van der Waals surface area contributed by atoms with E-state index < -0.39 is 6.04 Å². The first-order valence-electron chi connectivity index (χ1n) is 12.7. The lowest BCUT2D eigenvalue weighted by Gasteiger charge is -2.31. The lowest BCUT2D eigenvalue weighted by Crippen LogP contribution is -2.52. The zero-order valence-electron chi connectivity index (χ0n) is 21.7. The molecule has 1 N–H and O–H groups in total. The van der Waals surface area contributed by atoms with Gasteiger partial charge in [0.1, 0.15) is 11.8 Å². The van der Waals surface area contributed by atoms with E-state index in [0.29, 0.717) is 18.7 Å². The molecular weight excluding hydrogens is 504 g/mol. The van der Waals surface area contributed by atoms with Crippen molar-refractivity contribution >= 4 is 27.7 Å². The molecule has 1 fully saturated rings. The van der Waals surface area contributed by atoms with Crippen LogP contribution in [0.4, 0.5) is 0 Å². The molecule has 0 aliphatic heterocycles. The standard InChI is InChI=1S/C29H39BrN2O3/c1-6-25(28(34)31-23-9-7-8-10-23)32(18-21-13-11-20(2)12-14-21)27(33)19-35-26-16-15-22(17-24(26)30)29(3,4)5/h11-17,23,25H,6-10,18-19H2,1-5H3,(H,31,34). The molecule has 190 valence electrons. The Morgan fingerprint density at radius 1 is 1.11 bits per heavy atom. The summed E-state index contributed by atoms with van der Waals surface area (Å²) in [6.45, 7) is 10.7. The van der Waals surface area contributed by atoms with Gasteiger partial charge in [-0.25, -0.2) is 0 Å². The van der Waals surface area contributed by atoms with Crippen molar-refractivity contribution in [2.45, 2.75) is 90.8 Å². The molecule has 0 bridgehead atoms. The zero-order valence-corrected chi connectivity index (χ0v) is 23.3. The number of aryl methyl sites for hydroxylation is 1. The van der Waals surface area contributed by atoms with Gasteiger partial charge in [0.25, 0.3) is 5.91 Å². The maximum atomic E-state index is 13.5. The van der Waals surface area contributed by atoms with E-state index in [0.717, 1.165) is 41.3 Å². The number of carbonyl (C=O) groups is 2. The molecule has 1 aliphatic carbocycles. The molecule has 35 heavy (non-hydrogen) atoms. The van der Waals surface area contributed by atoms with Gasteiger partial charge in [0.2, 0.25) is 5.91 Å². The highest BCUT2D eigenvalue weighted by Crippen LogP contribution is 2.31. The number of nitrogens with zero attached hydrogens (tertiary/aromatic N) is 1. The third kappa shape index (κ3) is 7.57. The molecule has 2 aromatic rings. The predicted molar refractivity (Wildman–Crippen MR) is 145 cm³/mol. The van der Waals surface area contributed by atoms with Crippen LogP contribution in [0.1, 0.15) is 76.5 Å². The van der Waals surface area contributed by atoms with Gasteiger partial charge in [-0.05, 0) is 70.8 Å². The van der Waals surface area contributed by atoms with Gasteiger partial charge in [-0.2, -0.15) is 0 Å². The molecule has 0 heterocycles. The Hall–Kier alpha value is -2.34. The summed E-state index contributed by atoms with van der Waals surface area (Å²) in [5.74, 6) is 0.339. The van der Waals surface area contributed by atoms with Crippen LogP contribution in [-0.4, -0.2) is 35.4 Å². The molecule has 5 nitrogen and oxygen atoms in total. The first-order chi connectivity index (χ1) is 16.6. The van der Waals surface area contributed by atoms with Crippen LogP contribution in [0.5, 0.6) is 5.75 Å². The fourth-order valence-electron chi connectivity index (χ4n) is 4.48. The van der Waals surface area contributed by atoms with Gasteiger partial charge in [-0.15, -0.1) is 0 Å². The quantitative estimate of drug-likeness (QED) is 0.404. The molecule has 1 saturated carbocycles. The lowest BCUT2D eigenvalue weighted by atomic mass is 9.87. The number of benzene rings is 2. The van der Waals surface area contributed by atoms with Crippen LogP contribution in [0.2, 0.25) is 0 Å². The first kappa shape index (κ1) is 27.3. The smallest absolute Gasteiger partial charge is 0.261 e. The van der Waals surface area contributed by atoms with Crippen LogP contribution in [-0.2, 0) is 21.5 Å². The van der Waals surface area contributed by atoms with E-state index in [-0.39, 0.29) is 29.9 Å². The molecular formula is C29H39BrN2O3. The number of rotatable bonds is 9. The van der Waals surface area contributed by atoms with E-state index in [2.05, 4.69) is 42.0 Å². The summed E-state index contributed by atoms with van der Waals surface area (Å²) < 4.78 is 6.76. The van der Waals surface area contributed by atoms with Gasteiger partial charge in [-0.1, -0.05) is 76.4 Å². The van der Waals surface area contributed by atoms with Gasteiger partial charge >= 0.3 is 0 Å². The summed E-state index contributed by atoms with van der Waals surface area (Å²) in [6, 6.07) is 13.7. The Balaban J connectivity index is 1.77. The minimum atomic E-state index is -0.542. The number of amides is 2. The fourth-order valence-corrected chi connectivity index (χ4v) is 4.98. The summed E-state index contributed by atoms with van der Waals surface area (Å²) in [6.07, 6.45) is 4.85. The molecule has 0 radical (unpaired) electrons. The minimum absolute atomic E-state index is 0.0166. The third-order valence-corrected chi connectivity index (χ3v) is 7.33. The van der Waals surface area contributed by atoms with Gasteiger partial charge in [-0.3, -0.25) is 9.59 Å². The second-order valence-electron chi connectivity index (χ2n) is 10.6. The average molecular weight is 544 g/mol. The second kappa shape index (κ2) is 12.1. The number of hydrogen-bond donors (Lipinski definition) is 1. The largest absolute Gasteiger partial charge is 0.483 e. The molecule has 1 aliphatic rings. The average Bonchev–Trinajstić information content (AvgIpc) is 3.31. The van der Waals surface area contributed by atoms with Crippen LogP contribution >= 0.6 is 15.9 Å². The topological polar surface area (TPSA) is 58.6 Å². The number of carbonyl (C=O) groups excluding carboxylic acids is 2. The molecule has 3 rings (SSSR count). The Labute approximate surface area is 218 Å². The number of halogens is 1. The van der Waals surface area contributed by atoms with Crippen LogP contribution < -0.4 is 10.1 Å². The van der Waals surface area contributed by atoms with Crippen molar-refractivity contribution in [3.63, 3.8) is 0 Å². The van der Waals surface area contributed by atoms with E-state index >= 15 is 0 Å². The van der Waals surface area contributed by atoms with Crippen molar-refractivity contribution in [1.82, 2.24) is 10.2 Å². The Morgan fingerprint density at radius 3 is 2.34 bits per heavy atom. The van der Waals surface area contributed by atoms with Crippen LogP contribution in [0, 0.1) is 6.92 Å². The summed E-state index contributed by atoms with van der Waals surface area (Å²) >= 11 is 3.59. The molecule has 0 spiro atoms. The Bertz CT molecular complexity index is 1010. The maximum Gasteiger partial charge on any atom is 0.261 e. The van der Waals surface area contributed by atoms with Crippen molar-refractivity contribution in [3.05, 3.63) is 63.6 Å². The molecule has 1 atom stereocenters. The Kier molecular flexibility index (Phi) is 9.40. The minimum Gasteiger partial charge on any atom is -0.483 e. The maximum absolute atomic E-state index is 13.5. The normalized spacial score (nSPS) is 15.0. The summed E-state index contributed by atoms with van der Waals surface area (Å²) in [7, 11) is 0. The van der Waals surface area contributed by atoms with Crippen LogP contribution in [0.25, 0.3) is 0 Å². The van der Waals surface area contributed by atoms with E-state index in [1.165, 1.54) is 5.56 Å². The highest BCUT2D eigenvalue weighted by molar-refractivity contribution is 9.10. The van der Waals surface area contributed by atoms with Crippen molar-refractivity contribution in [2.24, 2.45) is 0 Å². The number of hydrogen-bond acceptors (Lipinski definition) is 3. The van der Waals surface area contributed by atoms with Gasteiger partial charge < -0.3 is 15.0 Å². The van der Waals surface area contributed by atoms with E-state index in [4.69, 9.17) is 4.74 Å². The molecule has 6 heteroatoms. The SMILES string of the molecule is CCC(C(=O)NC1CCCC1)N(Cc1ccc(C)cc1)C(=O)COc1ccc(C(C)(C)C)cc1Br. The fraction of sp³-hybridized carbons (Fsp3) is 0.517. The monoisotopic (exact) mass is 542 g/mol. The number of nitrogens with one attached hydrogen (secondary N) is 1. The van der Waals surface area contributed by atoms with Crippen LogP contribution in [0.3, 0.4) is 0 Å². The second-order valence-corrected chi connectivity index (χ2v) is 11.5. The van der Waals surface area contributed by atoms with Gasteiger partial charge in [0.15, 0.2) is 6.61 Å². The molecule has 0 aromatic heterocycles. The van der Waals surface area contributed by atoms with E-state index in [1.54, 1.807) is 4.90 Å². The van der Waals surface area contributed by atoms with Crippen molar-refractivity contribution in [2.75, 3.05) is 6.61 Å². The van der Waals surface area contributed by atoms with Gasteiger partial charge in [0.05, 0.1) is 4.47 Å². The zero-order chi connectivity index (χ0) is 25.6. The highest BCUT2D eigenvalue weighted by atomic mass is 79.9. The van der Waals surface area contributed by atoms with Crippen molar-refractivity contribution < 1.29 is 14.3 Å². The highest BCUT2D eigenvalue weighted by Gasteiger charge is 2.31. The third-order valence-electron chi connectivity index (χ3n) is 6.71. The predicted octanol–water partition coefficient (Wildman–Crippen LogP) is 6.30. The molecule has 2 amide bonds. The van der Waals surface area contributed by atoms with Crippen molar-refractivity contribution in [1.29, 1.82) is 0 Å². The summed E-state index contributed by atoms with van der Waals surface area (Å²) in [5.41, 5.74) is 3.35. The first-order valence-corrected chi connectivity index (χ1v) is 13.5. The molecule has 2 aromatic carbocycles. The molecule has 1 unspecified atom stereocenters.